The third kappa shape index (κ3) is 3.29. The van der Waals surface area contributed by atoms with E-state index >= 15 is 0 Å². The summed E-state index contributed by atoms with van der Waals surface area (Å²) < 4.78 is 5.42. The molecule has 5 rings (SSSR count). The molecule has 1 atom stereocenters. The number of para-hydroxylation sites is 1. The smallest absolute Gasteiger partial charge is 0.339 e. The molecule has 2 aromatic carbocycles. The molecule has 7 nitrogen and oxygen atoms in total. The number of rotatable bonds is 3. The zero-order valence-electron chi connectivity index (χ0n) is 19.8. The van der Waals surface area contributed by atoms with E-state index in [1.807, 2.05) is 13.8 Å². The highest BCUT2D eigenvalue weighted by Gasteiger charge is 2.62. The standard InChI is InChI=1S/C27H26ClN3O4/c1-4-35-24(33)22-23(29)31(16-9-7-8-15(28)12-16)19-13-26(2,3)14-20(32)21(19)27(22)17-10-5-6-11-18(17)30-25(27)34/h5-12H,4,13-14,29H2,1-3H3,(H,30,34). The molecule has 0 bridgehead atoms. The molecule has 0 radical (unpaired) electrons. The largest absolute Gasteiger partial charge is 0.462 e. The van der Waals surface area contributed by atoms with Crippen LogP contribution in [0.15, 0.2) is 71.2 Å². The van der Waals surface area contributed by atoms with Crippen molar-refractivity contribution in [2.45, 2.75) is 39.0 Å². The number of fused-ring (bicyclic) bond motifs is 3. The molecule has 0 fully saturated rings. The van der Waals surface area contributed by atoms with Gasteiger partial charge in [-0.1, -0.05) is 49.7 Å². The molecule has 1 spiro atoms. The molecule has 1 aliphatic carbocycles. The van der Waals surface area contributed by atoms with E-state index in [9.17, 15) is 14.4 Å². The van der Waals surface area contributed by atoms with Gasteiger partial charge in [0, 0.05) is 39.7 Å². The minimum Gasteiger partial charge on any atom is -0.462 e. The number of allylic oxidation sites excluding steroid dienone is 1. The number of ketones is 1. The summed E-state index contributed by atoms with van der Waals surface area (Å²) in [4.78, 5) is 43.1. The lowest BCUT2D eigenvalue weighted by Gasteiger charge is -2.47. The van der Waals surface area contributed by atoms with Crippen molar-refractivity contribution in [3.8, 4) is 0 Å². The van der Waals surface area contributed by atoms with Crippen molar-refractivity contribution in [1.29, 1.82) is 0 Å². The summed E-state index contributed by atoms with van der Waals surface area (Å²) in [6.07, 6.45) is 0.691. The van der Waals surface area contributed by atoms with Gasteiger partial charge in [-0.2, -0.15) is 0 Å². The number of hydrogen-bond acceptors (Lipinski definition) is 6. The van der Waals surface area contributed by atoms with Crippen LogP contribution in [0.3, 0.4) is 0 Å². The summed E-state index contributed by atoms with van der Waals surface area (Å²) in [5.74, 6) is -1.39. The number of hydrogen-bond donors (Lipinski definition) is 2. The second-order valence-corrected chi connectivity index (χ2v) is 10.2. The normalized spacial score (nSPS) is 22.8. The number of halogens is 1. The van der Waals surface area contributed by atoms with E-state index < -0.39 is 17.3 Å². The lowest BCUT2D eigenvalue weighted by Crippen LogP contribution is -2.54. The van der Waals surface area contributed by atoms with Crippen LogP contribution in [0.5, 0.6) is 0 Å². The number of Topliss-reactive ketones (excluding diaryl/α,β-unsaturated/α-hetero) is 1. The highest BCUT2D eigenvalue weighted by molar-refractivity contribution is 6.31. The maximum Gasteiger partial charge on any atom is 0.339 e. The monoisotopic (exact) mass is 491 g/mol. The van der Waals surface area contributed by atoms with Crippen LogP contribution in [0, 0.1) is 5.41 Å². The van der Waals surface area contributed by atoms with Crippen LogP contribution in [-0.4, -0.2) is 24.3 Å². The molecule has 2 heterocycles. The summed E-state index contributed by atoms with van der Waals surface area (Å²) in [5.41, 5.74) is 7.13. The molecule has 3 N–H and O–H groups in total. The van der Waals surface area contributed by atoms with Crippen molar-refractivity contribution >= 4 is 40.6 Å². The number of carbonyl (C=O) groups is 3. The number of nitrogens with zero attached hydrogens (tertiary/aromatic N) is 1. The molecule has 2 aromatic rings. The fourth-order valence-corrected chi connectivity index (χ4v) is 5.79. The van der Waals surface area contributed by atoms with Crippen molar-refractivity contribution < 1.29 is 19.1 Å². The molecule has 0 aromatic heterocycles. The van der Waals surface area contributed by atoms with Crippen molar-refractivity contribution in [3.05, 3.63) is 81.8 Å². The number of nitrogens with one attached hydrogen (secondary N) is 1. The van der Waals surface area contributed by atoms with E-state index in [1.54, 1.807) is 60.4 Å². The zero-order valence-corrected chi connectivity index (χ0v) is 20.5. The Morgan fingerprint density at radius 1 is 1.14 bits per heavy atom. The first kappa shape index (κ1) is 23.2. The Bertz CT molecular complexity index is 1360. The predicted molar refractivity (Wildman–Crippen MR) is 134 cm³/mol. The number of esters is 1. The Morgan fingerprint density at radius 3 is 2.60 bits per heavy atom. The van der Waals surface area contributed by atoms with Crippen molar-refractivity contribution in [3.63, 3.8) is 0 Å². The van der Waals surface area contributed by atoms with Crippen LogP contribution >= 0.6 is 11.6 Å². The molecule has 1 unspecified atom stereocenters. The van der Waals surface area contributed by atoms with Gasteiger partial charge in [0.1, 0.15) is 16.8 Å². The van der Waals surface area contributed by atoms with Crippen LogP contribution < -0.4 is 16.0 Å². The van der Waals surface area contributed by atoms with Crippen LogP contribution in [-0.2, 0) is 24.5 Å². The van der Waals surface area contributed by atoms with Gasteiger partial charge >= 0.3 is 5.97 Å². The Labute approximate surface area is 208 Å². The minimum atomic E-state index is -1.70. The van der Waals surface area contributed by atoms with E-state index in [4.69, 9.17) is 22.1 Å². The van der Waals surface area contributed by atoms with E-state index in [0.717, 1.165) is 0 Å². The first-order valence-electron chi connectivity index (χ1n) is 11.5. The Kier molecular flexibility index (Phi) is 5.29. The van der Waals surface area contributed by atoms with Gasteiger partial charge in [-0.25, -0.2) is 4.79 Å². The first-order chi connectivity index (χ1) is 16.6. The molecule has 0 saturated heterocycles. The van der Waals surface area contributed by atoms with Gasteiger partial charge < -0.3 is 15.8 Å². The molecule has 8 heteroatoms. The fraction of sp³-hybridized carbons (Fsp3) is 0.296. The quantitative estimate of drug-likeness (QED) is 0.616. The number of ether oxygens (including phenoxy) is 1. The maximum atomic E-state index is 13.9. The summed E-state index contributed by atoms with van der Waals surface area (Å²) in [6, 6.07) is 14.1. The summed E-state index contributed by atoms with van der Waals surface area (Å²) in [5, 5.41) is 3.35. The summed E-state index contributed by atoms with van der Waals surface area (Å²) in [7, 11) is 0. The molecule has 1 amide bonds. The molecular weight excluding hydrogens is 466 g/mol. The molecule has 180 valence electrons. The second-order valence-electron chi connectivity index (χ2n) is 9.81. The van der Waals surface area contributed by atoms with Crippen molar-refractivity contribution in [2.75, 3.05) is 16.8 Å². The van der Waals surface area contributed by atoms with E-state index in [2.05, 4.69) is 5.32 Å². The summed E-state index contributed by atoms with van der Waals surface area (Å²) in [6.45, 7) is 5.77. The van der Waals surface area contributed by atoms with Crippen LogP contribution in [0.1, 0.15) is 39.2 Å². The third-order valence-electron chi connectivity index (χ3n) is 6.84. The number of anilines is 2. The second kappa shape index (κ2) is 7.99. The van der Waals surface area contributed by atoms with E-state index in [-0.39, 0.29) is 41.2 Å². The highest BCUT2D eigenvalue weighted by atomic mass is 35.5. The Hall–Kier alpha value is -3.58. The lowest BCUT2D eigenvalue weighted by atomic mass is 9.60. The van der Waals surface area contributed by atoms with Crippen molar-refractivity contribution in [2.24, 2.45) is 11.1 Å². The average Bonchev–Trinajstić information content (AvgIpc) is 3.05. The van der Waals surface area contributed by atoms with Gasteiger partial charge in [-0.15, -0.1) is 0 Å². The number of benzene rings is 2. The van der Waals surface area contributed by atoms with Crippen LogP contribution in [0.4, 0.5) is 11.4 Å². The van der Waals surface area contributed by atoms with Crippen LogP contribution in [0.25, 0.3) is 0 Å². The van der Waals surface area contributed by atoms with Gasteiger partial charge in [0.05, 0.1) is 6.61 Å². The molecule has 2 aliphatic heterocycles. The molecule has 0 saturated carbocycles. The van der Waals surface area contributed by atoms with Gasteiger partial charge in [0.25, 0.3) is 0 Å². The third-order valence-corrected chi connectivity index (χ3v) is 7.07. The molecule has 3 aliphatic rings. The van der Waals surface area contributed by atoms with Gasteiger partial charge in [0.2, 0.25) is 5.91 Å². The average molecular weight is 492 g/mol. The Balaban J connectivity index is 1.92. The van der Waals surface area contributed by atoms with Gasteiger partial charge in [-0.3, -0.25) is 14.5 Å². The summed E-state index contributed by atoms with van der Waals surface area (Å²) >= 11 is 6.31. The molecule has 35 heavy (non-hydrogen) atoms. The minimum absolute atomic E-state index is 0.0434. The predicted octanol–water partition coefficient (Wildman–Crippen LogP) is 4.43. The number of carbonyl (C=O) groups excluding carboxylic acids is 3. The number of amides is 1. The zero-order chi connectivity index (χ0) is 25.1. The topological polar surface area (TPSA) is 102 Å². The maximum absolute atomic E-state index is 13.9. The van der Waals surface area contributed by atoms with Gasteiger partial charge in [-0.05, 0) is 43.0 Å². The van der Waals surface area contributed by atoms with Gasteiger partial charge in [0.15, 0.2) is 5.78 Å². The molecular formula is C27H26ClN3O4. The van der Waals surface area contributed by atoms with E-state index in [0.29, 0.717) is 34.1 Å². The SMILES string of the molecule is CCOC(=O)C1=C(N)N(c2cccc(Cl)c2)C2=C(C(=O)CC(C)(C)C2)C12C(=O)Nc1ccccc12. The number of nitrogens with two attached hydrogens (primary N) is 1. The first-order valence-corrected chi connectivity index (χ1v) is 11.9. The fourth-order valence-electron chi connectivity index (χ4n) is 5.60. The van der Waals surface area contributed by atoms with E-state index in [1.165, 1.54) is 0 Å². The lowest BCUT2D eigenvalue weighted by molar-refractivity contribution is -0.140. The van der Waals surface area contributed by atoms with Crippen molar-refractivity contribution in [1.82, 2.24) is 0 Å². The van der Waals surface area contributed by atoms with Crippen LogP contribution in [0.2, 0.25) is 5.02 Å². The highest BCUT2D eigenvalue weighted by Crippen LogP contribution is 2.57. The Morgan fingerprint density at radius 2 is 1.89 bits per heavy atom.